The SMILES string of the molecule is CC(CCCC(=O)C(CC=CC(=O)OCC1c2ccccc2-c2ccccc21)C(C)C)C(=O)Nc1ccc(B2OC(C)(C)C(C)(C)O2)cc1. The van der Waals surface area contributed by atoms with Gasteiger partial charge in [-0.2, -0.15) is 0 Å². The van der Waals surface area contributed by atoms with Crippen molar-refractivity contribution in [3.05, 3.63) is 96.1 Å². The first-order valence-electron chi connectivity index (χ1n) is 17.6. The summed E-state index contributed by atoms with van der Waals surface area (Å²) in [7, 11) is -0.454. The molecule has 3 aromatic rings. The second-order valence-electron chi connectivity index (χ2n) is 14.8. The molecule has 258 valence electrons. The van der Waals surface area contributed by atoms with Gasteiger partial charge in [0.1, 0.15) is 12.4 Å². The molecular formula is C41H50BNO6. The van der Waals surface area contributed by atoms with Crippen molar-refractivity contribution in [3.63, 3.8) is 0 Å². The zero-order valence-corrected chi connectivity index (χ0v) is 30.0. The highest BCUT2D eigenvalue weighted by Crippen LogP contribution is 2.44. The second-order valence-corrected chi connectivity index (χ2v) is 14.8. The number of hydrogen-bond acceptors (Lipinski definition) is 6. The molecule has 5 rings (SSSR count). The number of benzene rings is 3. The quantitative estimate of drug-likeness (QED) is 0.107. The number of hydrogen-bond donors (Lipinski definition) is 1. The van der Waals surface area contributed by atoms with E-state index < -0.39 is 24.3 Å². The van der Waals surface area contributed by atoms with Crippen molar-refractivity contribution in [2.75, 3.05) is 11.9 Å². The number of carbonyl (C=O) groups excluding carboxylic acids is 3. The lowest BCUT2D eigenvalue weighted by molar-refractivity contribution is -0.138. The van der Waals surface area contributed by atoms with Crippen LogP contribution < -0.4 is 10.8 Å². The van der Waals surface area contributed by atoms with Gasteiger partial charge in [-0.15, -0.1) is 0 Å². The predicted octanol–water partition coefficient (Wildman–Crippen LogP) is 7.87. The zero-order chi connectivity index (χ0) is 35.3. The first-order valence-corrected chi connectivity index (χ1v) is 17.6. The molecule has 0 aromatic heterocycles. The Kier molecular flexibility index (Phi) is 11.3. The molecule has 2 unspecified atom stereocenters. The van der Waals surface area contributed by atoms with Gasteiger partial charge in [-0.05, 0) is 92.7 Å². The third kappa shape index (κ3) is 8.42. The molecule has 1 saturated heterocycles. The Balaban J connectivity index is 1.04. The van der Waals surface area contributed by atoms with Gasteiger partial charge in [-0.3, -0.25) is 9.59 Å². The van der Waals surface area contributed by atoms with Gasteiger partial charge in [0.15, 0.2) is 0 Å². The molecular weight excluding hydrogens is 613 g/mol. The summed E-state index contributed by atoms with van der Waals surface area (Å²) in [5.74, 6) is -0.654. The van der Waals surface area contributed by atoms with E-state index in [1.54, 1.807) is 6.08 Å². The van der Waals surface area contributed by atoms with Crippen molar-refractivity contribution in [3.8, 4) is 11.1 Å². The number of rotatable bonds is 14. The maximum absolute atomic E-state index is 13.2. The highest BCUT2D eigenvalue weighted by molar-refractivity contribution is 6.62. The van der Waals surface area contributed by atoms with Crippen molar-refractivity contribution < 1.29 is 28.4 Å². The van der Waals surface area contributed by atoms with Crippen LogP contribution in [-0.4, -0.2) is 42.6 Å². The van der Waals surface area contributed by atoms with E-state index in [9.17, 15) is 14.4 Å². The minimum Gasteiger partial charge on any atom is -0.462 e. The Bertz CT molecular complexity index is 1620. The number of esters is 1. The Hall–Kier alpha value is -4.01. The minimum atomic E-state index is -0.454. The molecule has 1 aliphatic carbocycles. The third-order valence-corrected chi connectivity index (χ3v) is 10.4. The van der Waals surface area contributed by atoms with Gasteiger partial charge in [-0.25, -0.2) is 4.79 Å². The lowest BCUT2D eigenvalue weighted by Gasteiger charge is -2.32. The third-order valence-electron chi connectivity index (χ3n) is 10.4. The smallest absolute Gasteiger partial charge is 0.462 e. The van der Waals surface area contributed by atoms with E-state index in [1.165, 1.54) is 28.3 Å². The lowest BCUT2D eigenvalue weighted by atomic mass is 9.79. The summed E-state index contributed by atoms with van der Waals surface area (Å²) in [6.45, 7) is 14.3. The highest BCUT2D eigenvalue weighted by Gasteiger charge is 2.51. The number of nitrogens with one attached hydrogen (secondary N) is 1. The summed E-state index contributed by atoms with van der Waals surface area (Å²) >= 11 is 0. The van der Waals surface area contributed by atoms with Gasteiger partial charge in [-0.1, -0.05) is 87.5 Å². The van der Waals surface area contributed by atoms with Crippen LogP contribution in [0.15, 0.2) is 84.9 Å². The molecule has 1 fully saturated rings. The molecule has 49 heavy (non-hydrogen) atoms. The molecule has 1 aliphatic heterocycles. The predicted molar refractivity (Wildman–Crippen MR) is 196 cm³/mol. The Morgan fingerprint density at radius 3 is 2.00 bits per heavy atom. The van der Waals surface area contributed by atoms with Crippen molar-refractivity contribution in [2.45, 2.75) is 91.3 Å². The average Bonchev–Trinajstić information content (AvgIpc) is 3.50. The number of amides is 1. The number of carbonyl (C=O) groups is 3. The molecule has 1 heterocycles. The van der Waals surface area contributed by atoms with Gasteiger partial charge < -0.3 is 19.4 Å². The van der Waals surface area contributed by atoms with Crippen molar-refractivity contribution in [2.24, 2.45) is 17.8 Å². The first-order chi connectivity index (χ1) is 23.3. The summed E-state index contributed by atoms with van der Waals surface area (Å²) in [6, 6.07) is 24.0. The fraction of sp³-hybridized carbons (Fsp3) is 0.439. The Labute approximate surface area is 292 Å². The topological polar surface area (TPSA) is 90.9 Å². The van der Waals surface area contributed by atoms with Crippen LogP contribution in [0, 0.1) is 17.8 Å². The molecule has 0 saturated carbocycles. The number of allylic oxidation sites excluding steroid dienone is 1. The molecule has 1 N–H and O–H groups in total. The Morgan fingerprint density at radius 2 is 1.43 bits per heavy atom. The Morgan fingerprint density at radius 1 is 0.857 bits per heavy atom. The second kappa shape index (κ2) is 15.3. The van der Waals surface area contributed by atoms with Crippen LogP contribution >= 0.6 is 0 Å². The van der Waals surface area contributed by atoms with Gasteiger partial charge >= 0.3 is 13.1 Å². The van der Waals surface area contributed by atoms with E-state index in [4.69, 9.17) is 14.0 Å². The van der Waals surface area contributed by atoms with Crippen molar-refractivity contribution in [1.29, 1.82) is 0 Å². The molecule has 3 aromatic carbocycles. The average molecular weight is 664 g/mol. The van der Waals surface area contributed by atoms with Gasteiger partial charge in [0.2, 0.25) is 5.91 Å². The van der Waals surface area contributed by atoms with Gasteiger partial charge in [0, 0.05) is 35.9 Å². The molecule has 0 bridgehead atoms. The van der Waals surface area contributed by atoms with E-state index >= 15 is 0 Å². The number of Topliss-reactive ketones (excluding diaryl/α,β-unsaturated/α-hetero) is 1. The van der Waals surface area contributed by atoms with Crippen LogP contribution in [0.25, 0.3) is 11.1 Å². The molecule has 8 heteroatoms. The molecule has 1 amide bonds. The highest BCUT2D eigenvalue weighted by atomic mass is 16.7. The van der Waals surface area contributed by atoms with Gasteiger partial charge in [0.05, 0.1) is 11.2 Å². The summed E-state index contributed by atoms with van der Waals surface area (Å²) in [5, 5.41) is 2.99. The number of anilines is 1. The van der Waals surface area contributed by atoms with Crippen LogP contribution in [0.5, 0.6) is 0 Å². The van der Waals surface area contributed by atoms with Gasteiger partial charge in [0.25, 0.3) is 0 Å². The van der Waals surface area contributed by atoms with E-state index in [-0.39, 0.29) is 42.0 Å². The lowest BCUT2D eigenvalue weighted by Crippen LogP contribution is -2.41. The molecule has 2 aliphatic rings. The van der Waals surface area contributed by atoms with E-state index in [2.05, 4.69) is 29.6 Å². The standard InChI is InChI=1S/C41H50BNO6/c1-27(2)31(19-13-21-38(45)47-26-36-34-17-10-8-15-32(34)33-16-9-11-18-35(33)36)37(44)20-12-14-28(3)39(46)43-30-24-22-29(23-25-30)42-48-40(4,5)41(6,7)49-42/h8-11,13,15-18,21-25,27-28,31,36H,12,14,19-20,26H2,1-7H3,(H,43,46). The largest absolute Gasteiger partial charge is 0.494 e. The normalized spacial score (nSPS) is 17.5. The van der Waals surface area contributed by atoms with Crippen LogP contribution in [0.2, 0.25) is 0 Å². The number of ketones is 1. The molecule has 7 nitrogen and oxygen atoms in total. The minimum absolute atomic E-state index is 0.00668. The van der Waals surface area contributed by atoms with E-state index in [0.717, 1.165) is 5.46 Å². The van der Waals surface area contributed by atoms with Crippen LogP contribution in [0.3, 0.4) is 0 Å². The van der Waals surface area contributed by atoms with Crippen LogP contribution in [-0.2, 0) is 28.4 Å². The summed E-state index contributed by atoms with van der Waals surface area (Å²) in [4.78, 5) is 38.8. The fourth-order valence-electron chi connectivity index (χ4n) is 6.61. The maximum atomic E-state index is 13.2. The van der Waals surface area contributed by atoms with Crippen molar-refractivity contribution >= 4 is 35.9 Å². The van der Waals surface area contributed by atoms with Crippen LogP contribution in [0.4, 0.5) is 5.69 Å². The molecule has 0 radical (unpaired) electrons. The zero-order valence-electron chi connectivity index (χ0n) is 30.0. The fourth-order valence-corrected chi connectivity index (χ4v) is 6.61. The summed E-state index contributed by atoms with van der Waals surface area (Å²) in [6.07, 6.45) is 5.29. The van der Waals surface area contributed by atoms with Crippen molar-refractivity contribution in [1.82, 2.24) is 0 Å². The molecule has 0 spiro atoms. The van der Waals surface area contributed by atoms with E-state index in [0.29, 0.717) is 31.4 Å². The van der Waals surface area contributed by atoms with Crippen LogP contribution in [0.1, 0.15) is 91.2 Å². The summed E-state index contributed by atoms with van der Waals surface area (Å²) < 4.78 is 17.9. The first kappa shape index (κ1) is 36.3. The summed E-state index contributed by atoms with van der Waals surface area (Å²) in [5.41, 5.74) is 5.49. The number of fused-ring (bicyclic) bond motifs is 3. The van der Waals surface area contributed by atoms with E-state index in [1.807, 2.05) is 97.0 Å². The molecule has 2 atom stereocenters. The number of ether oxygens (including phenoxy) is 1. The maximum Gasteiger partial charge on any atom is 0.494 e. The monoisotopic (exact) mass is 663 g/mol.